The Bertz CT molecular complexity index is 941. The smallest absolute Gasteiger partial charge is 0.267 e. The molecule has 28 heavy (non-hydrogen) atoms. The molecular formula is C21H23N3O3S. The van der Waals surface area contributed by atoms with Crippen LogP contribution in [0, 0.1) is 6.92 Å². The van der Waals surface area contributed by atoms with Gasteiger partial charge in [0.25, 0.3) is 5.91 Å². The topological polar surface area (TPSA) is 72.5 Å². The average molecular weight is 398 g/mol. The number of carbonyl (C=O) groups is 1. The number of hydrogen-bond donors (Lipinski definition) is 2. The van der Waals surface area contributed by atoms with Crippen LogP contribution < -0.4 is 20.1 Å². The molecule has 0 fully saturated rings. The number of aryl methyl sites for hydroxylation is 1. The SMILES string of the molecule is COc1ccc(CCNc2nc(C)c(C(=O)Nc3ccccc3)s2)cc1OC. The number of thiazole rings is 1. The molecule has 0 saturated heterocycles. The van der Waals surface area contributed by atoms with Crippen molar-refractivity contribution in [2.45, 2.75) is 13.3 Å². The molecule has 0 radical (unpaired) electrons. The molecule has 0 aliphatic heterocycles. The van der Waals surface area contributed by atoms with E-state index in [1.165, 1.54) is 11.3 Å². The van der Waals surface area contributed by atoms with Crippen LogP contribution in [-0.2, 0) is 6.42 Å². The summed E-state index contributed by atoms with van der Waals surface area (Å²) >= 11 is 1.36. The van der Waals surface area contributed by atoms with Crippen LogP contribution in [0.1, 0.15) is 20.9 Å². The van der Waals surface area contributed by atoms with Crippen molar-refractivity contribution in [1.82, 2.24) is 4.98 Å². The Morgan fingerprint density at radius 1 is 1.07 bits per heavy atom. The van der Waals surface area contributed by atoms with Crippen LogP contribution in [0.4, 0.5) is 10.8 Å². The number of aromatic nitrogens is 1. The van der Waals surface area contributed by atoms with E-state index < -0.39 is 0 Å². The summed E-state index contributed by atoms with van der Waals surface area (Å²) in [7, 11) is 3.25. The number of benzene rings is 2. The van der Waals surface area contributed by atoms with Gasteiger partial charge in [0.05, 0.1) is 19.9 Å². The second-order valence-corrected chi connectivity index (χ2v) is 7.12. The average Bonchev–Trinajstić information content (AvgIpc) is 3.09. The molecular weight excluding hydrogens is 374 g/mol. The van der Waals surface area contributed by atoms with Crippen molar-refractivity contribution in [1.29, 1.82) is 0 Å². The highest BCUT2D eigenvalue weighted by Gasteiger charge is 2.15. The van der Waals surface area contributed by atoms with Crippen LogP contribution in [0.25, 0.3) is 0 Å². The first-order valence-corrected chi connectivity index (χ1v) is 9.71. The summed E-state index contributed by atoms with van der Waals surface area (Å²) < 4.78 is 10.6. The standard InChI is InChI=1S/C21H23N3O3S/c1-14-19(20(25)24-16-7-5-4-6-8-16)28-21(23-14)22-12-11-15-9-10-17(26-2)18(13-15)27-3/h4-10,13H,11-12H2,1-3H3,(H,22,23)(H,24,25). The lowest BCUT2D eigenvalue weighted by Crippen LogP contribution is -2.11. The number of amides is 1. The normalized spacial score (nSPS) is 10.4. The maximum atomic E-state index is 12.5. The van der Waals surface area contributed by atoms with Gasteiger partial charge in [-0.05, 0) is 43.2 Å². The summed E-state index contributed by atoms with van der Waals surface area (Å²) in [5, 5.41) is 6.92. The fraction of sp³-hybridized carbons (Fsp3) is 0.238. The molecule has 2 aromatic carbocycles. The minimum atomic E-state index is -0.144. The van der Waals surface area contributed by atoms with Gasteiger partial charge in [-0.25, -0.2) is 4.98 Å². The molecule has 0 saturated carbocycles. The number of hydrogen-bond acceptors (Lipinski definition) is 6. The van der Waals surface area contributed by atoms with Crippen molar-refractivity contribution in [3.8, 4) is 11.5 Å². The maximum Gasteiger partial charge on any atom is 0.267 e. The molecule has 1 aromatic heterocycles. The largest absolute Gasteiger partial charge is 0.493 e. The molecule has 0 unspecified atom stereocenters. The van der Waals surface area contributed by atoms with E-state index in [1.54, 1.807) is 14.2 Å². The molecule has 7 heteroatoms. The van der Waals surface area contributed by atoms with Gasteiger partial charge in [-0.3, -0.25) is 4.79 Å². The van der Waals surface area contributed by atoms with Gasteiger partial charge in [0, 0.05) is 12.2 Å². The Balaban J connectivity index is 1.59. The molecule has 3 aromatic rings. The lowest BCUT2D eigenvalue weighted by Gasteiger charge is -2.09. The zero-order valence-electron chi connectivity index (χ0n) is 16.1. The zero-order valence-corrected chi connectivity index (χ0v) is 16.9. The number of methoxy groups -OCH3 is 2. The first-order valence-electron chi connectivity index (χ1n) is 8.89. The zero-order chi connectivity index (χ0) is 19.9. The van der Waals surface area contributed by atoms with Gasteiger partial charge in [0.1, 0.15) is 4.88 Å². The summed E-state index contributed by atoms with van der Waals surface area (Å²) in [4.78, 5) is 17.6. The van der Waals surface area contributed by atoms with E-state index in [9.17, 15) is 4.79 Å². The minimum Gasteiger partial charge on any atom is -0.493 e. The Hall–Kier alpha value is -3.06. The molecule has 6 nitrogen and oxygen atoms in total. The maximum absolute atomic E-state index is 12.5. The molecule has 1 heterocycles. The van der Waals surface area contributed by atoms with Crippen LogP contribution >= 0.6 is 11.3 Å². The summed E-state index contributed by atoms with van der Waals surface area (Å²) in [6.45, 7) is 2.54. The lowest BCUT2D eigenvalue weighted by molar-refractivity contribution is 0.103. The van der Waals surface area contributed by atoms with Crippen LogP contribution in [0.3, 0.4) is 0 Å². The van der Waals surface area contributed by atoms with Crippen LogP contribution in [0.5, 0.6) is 11.5 Å². The fourth-order valence-corrected chi connectivity index (χ4v) is 3.63. The monoisotopic (exact) mass is 397 g/mol. The molecule has 0 spiro atoms. The van der Waals surface area contributed by atoms with Gasteiger partial charge in [0.2, 0.25) is 0 Å². The number of nitrogens with zero attached hydrogens (tertiary/aromatic N) is 1. The lowest BCUT2D eigenvalue weighted by atomic mass is 10.1. The van der Waals surface area contributed by atoms with Crippen molar-refractivity contribution in [3.05, 3.63) is 64.7 Å². The van der Waals surface area contributed by atoms with Crippen LogP contribution in [-0.4, -0.2) is 31.7 Å². The predicted molar refractivity (Wildman–Crippen MR) is 113 cm³/mol. The number of carbonyl (C=O) groups excluding carboxylic acids is 1. The molecule has 3 rings (SSSR count). The quantitative estimate of drug-likeness (QED) is 0.590. The highest BCUT2D eigenvalue weighted by atomic mass is 32.1. The Kier molecular flexibility index (Phi) is 6.49. The van der Waals surface area contributed by atoms with E-state index in [4.69, 9.17) is 9.47 Å². The van der Waals surface area contributed by atoms with E-state index in [2.05, 4.69) is 15.6 Å². The molecule has 0 aliphatic rings. The van der Waals surface area contributed by atoms with Gasteiger partial charge in [-0.2, -0.15) is 0 Å². The molecule has 1 amide bonds. The van der Waals surface area contributed by atoms with E-state index in [-0.39, 0.29) is 5.91 Å². The van der Waals surface area contributed by atoms with E-state index in [0.29, 0.717) is 28.6 Å². The summed E-state index contributed by atoms with van der Waals surface area (Å²) in [5.41, 5.74) is 2.61. The number of nitrogens with one attached hydrogen (secondary N) is 2. The molecule has 0 bridgehead atoms. The van der Waals surface area contributed by atoms with Crippen molar-refractivity contribution >= 4 is 28.1 Å². The third-order valence-electron chi connectivity index (χ3n) is 4.17. The third-order valence-corrected chi connectivity index (χ3v) is 5.29. The molecule has 2 N–H and O–H groups in total. The van der Waals surface area contributed by atoms with E-state index >= 15 is 0 Å². The summed E-state index contributed by atoms with van der Waals surface area (Å²) in [6.07, 6.45) is 0.796. The number of ether oxygens (including phenoxy) is 2. The van der Waals surface area contributed by atoms with Crippen molar-refractivity contribution in [2.24, 2.45) is 0 Å². The van der Waals surface area contributed by atoms with Crippen LogP contribution in [0.15, 0.2) is 48.5 Å². The second kappa shape index (κ2) is 9.23. The van der Waals surface area contributed by atoms with Crippen molar-refractivity contribution in [2.75, 3.05) is 31.4 Å². The number of anilines is 2. The molecule has 0 atom stereocenters. The highest BCUT2D eigenvalue weighted by molar-refractivity contribution is 7.17. The Labute approximate surface area is 168 Å². The van der Waals surface area contributed by atoms with Crippen molar-refractivity contribution < 1.29 is 14.3 Å². The predicted octanol–water partition coefficient (Wildman–Crippen LogP) is 4.38. The second-order valence-electron chi connectivity index (χ2n) is 6.12. The van der Waals surface area contributed by atoms with Gasteiger partial charge in [-0.1, -0.05) is 35.6 Å². The molecule has 0 aliphatic carbocycles. The van der Waals surface area contributed by atoms with Gasteiger partial charge < -0.3 is 20.1 Å². The van der Waals surface area contributed by atoms with Crippen LogP contribution in [0.2, 0.25) is 0 Å². The van der Waals surface area contributed by atoms with Gasteiger partial charge in [0.15, 0.2) is 16.6 Å². The Morgan fingerprint density at radius 3 is 2.54 bits per heavy atom. The van der Waals surface area contributed by atoms with Gasteiger partial charge >= 0.3 is 0 Å². The Morgan fingerprint density at radius 2 is 1.82 bits per heavy atom. The first-order chi connectivity index (χ1) is 13.6. The van der Waals surface area contributed by atoms with E-state index in [1.807, 2.05) is 55.5 Å². The van der Waals surface area contributed by atoms with E-state index in [0.717, 1.165) is 22.8 Å². The minimum absolute atomic E-state index is 0.144. The van der Waals surface area contributed by atoms with Gasteiger partial charge in [-0.15, -0.1) is 0 Å². The van der Waals surface area contributed by atoms with Crippen molar-refractivity contribution in [3.63, 3.8) is 0 Å². The third kappa shape index (κ3) is 4.80. The molecule has 146 valence electrons. The highest BCUT2D eigenvalue weighted by Crippen LogP contribution is 2.28. The summed E-state index contributed by atoms with van der Waals surface area (Å²) in [5.74, 6) is 1.28. The summed E-state index contributed by atoms with van der Waals surface area (Å²) in [6, 6.07) is 15.3. The fourth-order valence-electron chi connectivity index (χ4n) is 2.74. The number of rotatable bonds is 8. The number of para-hydroxylation sites is 1. The first kappa shape index (κ1) is 19.7.